The van der Waals surface area contributed by atoms with Crippen LogP contribution in [0.5, 0.6) is 5.75 Å². The quantitative estimate of drug-likeness (QED) is 0.297. The predicted molar refractivity (Wildman–Crippen MR) is 151 cm³/mol. The Morgan fingerprint density at radius 2 is 1.76 bits per heavy atom. The van der Waals surface area contributed by atoms with Gasteiger partial charge in [-0.3, -0.25) is 9.59 Å². The molecule has 37 heavy (non-hydrogen) atoms. The summed E-state index contributed by atoms with van der Waals surface area (Å²) < 4.78 is 6.55. The third kappa shape index (κ3) is 7.59. The summed E-state index contributed by atoms with van der Waals surface area (Å²) in [5.41, 5.74) is 3.06. The highest BCUT2D eigenvalue weighted by atomic mass is 79.9. The predicted octanol–water partition coefficient (Wildman–Crippen LogP) is 6.49. The molecule has 5 nitrogen and oxygen atoms in total. The van der Waals surface area contributed by atoms with Crippen molar-refractivity contribution in [2.75, 3.05) is 6.61 Å². The lowest BCUT2D eigenvalue weighted by Crippen LogP contribution is -2.53. The number of aryl methyl sites for hydroxylation is 1. The van der Waals surface area contributed by atoms with Crippen LogP contribution in [-0.4, -0.2) is 35.4 Å². The molecule has 0 heterocycles. The third-order valence-electron chi connectivity index (χ3n) is 6.82. The van der Waals surface area contributed by atoms with Crippen molar-refractivity contribution in [3.8, 4) is 5.75 Å². The zero-order chi connectivity index (χ0) is 26.2. The number of nitrogens with zero attached hydrogens (tertiary/aromatic N) is 1. The number of rotatable bonds is 10. The molecule has 3 aromatic carbocycles. The molecule has 1 unspecified atom stereocenters. The Morgan fingerprint density at radius 3 is 2.46 bits per heavy atom. The van der Waals surface area contributed by atoms with Crippen molar-refractivity contribution >= 4 is 39.3 Å². The Hall–Kier alpha value is -2.83. The first kappa shape index (κ1) is 27.2. The highest BCUT2D eigenvalue weighted by molar-refractivity contribution is 9.10. The standard InChI is InChI=1S/C30H32BrClN2O3/c1-21-9-5-6-12-23(21)19-34(29(35)20-37-28-16-15-24(32)18-26(28)31)27(17-22-10-3-2-4-11-22)30(36)33-25-13-7-8-14-25/h2-6,9-12,15-16,18,25,27H,7-8,13-14,17,19-20H2,1H3,(H,33,36). The number of nitrogens with one attached hydrogen (secondary N) is 1. The fourth-order valence-corrected chi connectivity index (χ4v) is 5.50. The Kier molecular flexibility index (Phi) is 9.64. The molecule has 0 bridgehead atoms. The van der Waals surface area contributed by atoms with E-state index in [2.05, 4.69) is 21.2 Å². The van der Waals surface area contributed by atoms with Gasteiger partial charge in [0.05, 0.1) is 4.47 Å². The van der Waals surface area contributed by atoms with Crippen molar-refractivity contribution in [3.05, 3.63) is 99.0 Å². The van der Waals surface area contributed by atoms with E-state index < -0.39 is 6.04 Å². The number of carbonyl (C=O) groups excluding carboxylic acids is 2. The number of carbonyl (C=O) groups is 2. The normalized spacial score (nSPS) is 14.2. The van der Waals surface area contributed by atoms with E-state index in [1.165, 1.54) is 0 Å². The monoisotopic (exact) mass is 582 g/mol. The number of benzene rings is 3. The number of amides is 2. The summed E-state index contributed by atoms with van der Waals surface area (Å²) in [5, 5.41) is 3.80. The minimum absolute atomic E-state index is 0.120. The van der Waals surface area contributed by atoms with E-state index in [0.29, 0.717) is 28.2 Å². The van der Waals surface area contributed by atoms with Gasteiger partial charge in [0.15, 0.2) is 6.61 Å². The first-order valence-electron chi connectivity index (χ1n) is 12.7. The van der Waals surface area contributed by atoms with Gasteiger partial charge in [-0.05, 0) is 70.6 Å². The number of hydrogen-bond acceptors (Lipinski definition) is 3. The van der Waals surface area contributed by atoms with Crippen LogP contribution in [0.25, 0.3) is 0 Å². The molecule has 1 saturated carbocycles. The first-order chi connectivity index (χ1) is 17.9. The maximum atomic E-state index is 13.8. The van der Waals surface area contributed by atoms with E-state index >= 15 is 0 Å². The molecule has 1 aliphatic rings. The molecule has 1 atom stereocenters. The van der Waals surface area contributed by atoms with Crippen LogP contribution in [0.1, 0.15) is 42.4 Å². The van der Waals surface area contributed by atoms with Gasteiger partial charge in [-0.1, -0.05) is 79.0 Å². The van der Waals surface area contributed by atoms with Crippen LogP contribution in [0, 0.1) is 6.92 Å². The third-order valence-corrected chi connectivity index (χ3v) is 7.67. The smallest absolute Gasteiger partial charge is 0.261 e. The summed E-state index contributed by atoms with van der Waals surface area (Å²) >= 11 is 9.50. The maximum absolute atomic E-state index is 13.8. The average molecular weight is 584 g/mol. The van der Waals surface area contributed by atoms with Crippen molar-refractivity contribution in [2.45, 2.75) is 57.7 Å². The van der Waals surface area contributed by atoms with Crippen LogP contribution in [0.3, 0.4) is 0 Å². The van der Waals surface area contributed by atoms with E-state index in [9.17, 15) is 9.59 Å². The van der Waals surface area contributed by atoms with Crippen molar-refractivity contribution in [1.82, 2.24) is 10.2 Å². The van der Waals surface area contributed by atoms with Gasteiger partial charge < -0.3 is 15.0 Å². The van der Waals surface area contributed by atoms with E-state index in [-0.39, 0.29) is 24.5 Å². The lowest BCUT2D eigenvalue weighted by Gasteiger charge is -2.32. The molecule has 1 N–H and O–H groups in total. The van der Waals surface area contributed by atoms with Gasteiger partial charge >= 0.3 is 0 Å². The minimum Gasteiger partial charge on any atom is -0.483 e. The highest BCUT2D eigenvalue weighted by Gasteiger charge is 2.32. The SMILES string of the molecule is Cc1ccccc1CN(C(=O)COc1ccc(Cl)cc1Br)C(Cc1ccccc1)C(=O)NC1CCCC1. The van der Waals surface area contributed by atoms with Gasteiger partial charge in [0, 0.05) is 24.0 Å². The summed E-state index contributed by atoms with van der Waals surface area (Å²) in [7, 11) is 0. The van der Waals surface area contributed by atoms with Crippen molar-refractivity contribution < 1.29 is 14.3 Å². The van der Waals surface area contributed by atoms with Crippen molar-refractivity contribution in [1.29, 1.82) is 0 Å². The Labute approximate surface area is 232 Å². The minimum atomic E-state index is -0.674. The van der Waals surface area contributed by atoms with Gasteiger partial charge in [-0.2, -0.15) is 0 Å². The molecular weight excluding hydrogens is 552 g/mol. The fourth-order valence-electron chi connectivity index (χ4n) is 4.71. The highest BCUT2D eigenvalue weighted by Crippen LogP contribution is 2.28. The maximum Gasteiger partial charge on any atom is 0.261 e. The van der Waals surface area contributed by atoms with Gasteiger partial charge in [-0.15, -0.1) is 0 Å². The van der Waals surface area contributed by atoms with Crippen LogP contribution < -0.4 is 10.1 Å². The van der Waals surface area contributed by atoms with Gasteiger partial charge in [0.25, 0.3) is 5.91 Å². The summed E-state index contributed by atoms with van der Waals surface area (Å²) in [6.45, 7) is 2.13. The molecule has 2 amide bonds. The summed E-state index contributed by atoms with van der Waals surface area (Å²) in [4.78, 5) is 29.2. The molecule has 1 aliphatic carbocycles. The second-order valence-electron chi connectivity index (χ2n) is 9.51. The van der Waals surface area contributed by atoms with Crippen LogP contribution >= 0.6 is 27.5 Å². The number of hydrogen-bond donors (Lipinski definition) is 1. The summed E-state index contributed by atoms with van der Waals surface area (Å²) in [5.74, 6) is 0.140. The molecule has 3 aromatic rings. The van der Waals surface area contributed by atoms with E-state index in [1.54, 1.807) is 23.1 Å². The second-order valence-corrected chi connectivity index (χ2v) is 10.8. The number of halogens is 2. The molecule has 0 aromatic heterocycles. The van der Waals surface area contributed by atoms with Crippen molar-refractivity contribution in [2.24, 2.45) is 0 Å². The number of ether oxygens (including phenoxy) is 1. The molecular formula is C30H32BrClN2O3. The second kappa shape index (κ2) is 13.1. The fraction of sp³-hybridized carbons (Fsp3) is 0.333. The Morgan fingerprint density at radius 1 is 1.05 bits per heavy atom. The van der Waals surface area contributed by atoms with E-state index in [4.69, 9.17) is 16.3 Å². The Balaban J connectivity index is 1.63. The van der Waals surface area contributed by atoms with Crippen LogP contribution in [0.4, 0.5) is 0 Å². The molecule has 0 radical (unpaired) electrons. The van der Waals surface area contributed by atoms with Crippen LogP contribution in [-0.2, 0) is 22.6 Å². The van der Waals surface area contributed by atoms with Gasteiger partial charge in [0.1, 0.15) is 11.8 Å². The molecule has 0 aliphatic heterocycles. The zero-order valence-corrected chi connectivity index (χ0v) is 23.3. The van der Waals surface area contributed by atoms with E-state index in [1.807, 2.05) is 61.5 Å². The van der Waals surface area contributed by atoms with E-state index in [0.717, 1.165) is 42.4 Å². The molecule has 194 valence electrons. The average Bonchev–Trinajstić information content (AvgIpc) is 3.40. The van der Waals surface area contributed by atoms with Gasteiger partial charge in [0.2, 0.25) is 5.91 Å². The van der Waals surface area contributed by atoms with Crippen LogP contribution in [0.15, 0.2) is 77.3 Å². The molecule has 0 spiro atoms. The molecule has 7 heteroatoms. The molecule has 0 saturated heterocycles. The largest absolute Gasteiger partial charge is 0.483 e. The lowest BCUT2D eigenvalue weighted by molar-refractivity contribution is -0.143. The summed E-state index contributed by atoms with van der Waals surface area (Å²) in [6, 6.07) is 22.4. The topological polar surface area (TPSA) is 58.6 Å². The lowest BCUT2D eigenvalue weighted by atomic mass is 10.0. The molecule has 4 rings (SSSR count). The van der Waals surface area contributed by atoms with Crippen LogP contribution in [0.2, 0.25) is 5.02 Å². The first-order valence-corrected chi connectivity index (χ1v) is 13.8. The molecule has 1 fully saturated rings. The van der Waals surface area contributed by atoms with Crippen molar-refractivity contribution in [3.63, 3.8) is 0 Å². The summed E-state index contributed by atoms with van der Waals surface area (Å²) in [6.07, 6.45) is 4.60. The van der Waals surface area contributed by atoms with Gasteiger partial charge in [-0.25, -0.2) is 0 Å². The zero-order valence-electron chi connectivity index (χ0n) is 21.0. The Bertz CT molecular complexity index is 1210.